The molecule has 1 heterocycles. The highest BCUT2D eigenvalue weighted by atomic mass is 32.2. The van der Waals surface area contributed by atoms with Crippen LogP contribution in [0.4, 0.5) is 5.00 Å². The third-order valence-corrected chi connectivity index (χ3v) is 5.86. The van der Waals surface area contributed by atoms with Crippen LogP contribution in [0.5, 0.6) is 0 Å². The van der Waals surface area contributed by atoms with Gasteiger partial charge in [-0.25, -0.2) is 4.79 Å². The Morgan fingerprint density at radius 2 is 1.88 bits per heavy atom. The van der Waals surface area contributed by atoms with Gasteiger partial charge in [-0.2, -0.15) is 0 Å². The zero-order valence-corrected chi connectivity index (χ0v) is 16.6. The molecule has 1 aromatic carbocycles. The Morgan fingerprint density at radius 3 is 2.50 bits per heavy atom. The van der Waals surface area contributed by atoms with E-state index in [9.17, 15) is 14.4 Å². The molecular weight excluding hydrogens is 370 g/mol. The molecule has 2 rings (SSSR count). The maximum absolute atomic E-state index is 12.3. The zero-order chi connectivity index (χ0) is 19.1. The van der Waals surface area contributed by atoms with E-state index < -0.39 is 5.97 Å². The Bertz CT molecular complexity index is 799. The van der Waals surface area contributed by atoms with Crippen molar-refractivity contribution >= 4 is 45.8 Å². The van der Waals surface area contributed by atoms with E-state index in [0.29, 0.717) is 15.4 Å². The first-order valence-corrected chi connectivity index (χ1v) is 10.1. The van der Waals surface area contributed by atoms with Crippen molar-refractivity contribution in [2.24, 2.45) is 0 Å². The topological polar surface area (TPSA) is 72.5 Å². The largest absolute Gasteiger partial charge is 0.462 e. The van der Waals surface area contributed by atoms with Gasteiger partial charge in [0, 0.05) is 5.75 Å². The van der Waals surface area contributed by atoms with Crippen molar-refractivity contribution in [1.82, 2.24) is 0 Å². The lowest BCUT2D eigenvalue weighted by molar-refractivity contribution is -0.113. The molecule has 0 saturated heterocycles. The maximum atomic E-state index is 12.3. The molecule has 0 spiro atoms. The molecule has 0 unspecified atom stereocenters. The molecule has 1 N–H and O–H groups in total. The second-order valence-electron chi connectivity index (χ2n) is 5.56. The van der Waals surface area contributed by atoms with E-state index in [0.717, 1.165) is 22.7 Å². The number of hydrogen-bond donors (Lipinski definition) is 1. The number of rotatable bonds is 8. The molecule has 0 saturated carbocycles. The fraction of sp³-hybridized carbons (Fsp3) is 0.316. The molecule has 0 aliphatic rings. The van der Waals surface area contributed by atoms with Crippen molar-refractivity contribution in [2.45, 2.75) is 26.5 Å². The number of esters is 1. The molecule has 26 heavy (non-hydrogen) atoms. The molecule has 0 bridgehead atoms. The smallest absolute Gasteiger partial charge is 0.341 e. The summed E-state index contributed by atoms with van der Waals surface area (Å²) in [5.74, 6) is 0.0934. The van der Waals surface area contributed by atoms with Gasteiger partial charge in [0.05, 0.1) is 22.8 Å². The normalized spacial score (nSPS) is 10.4. The molecule has 0 aliphatic carbocycles. The fourth-order valence-corrected chi connectivity index (χ4v) is 4.28. The van der Waals surface area contributed by atoms with Gasteiger partial charge in [0.15, 0.2) is 5.78 Å². The number of anilines is 1. The maximum Gasteiger partial charge on any atom is 0.341 e. The lowest BCUT2D eigenvalue weighted by atomic mass is 10.1. The van der Waals surface area contributed by atoms with E-state index in [-0.39, 0.29) is 29.6 Å². The molecule has 0 aliphatic heterocycles. The quantitative estimate of drug-likeness (QED) is 0.536. The third kappa shape index (κ3) is 5.19. The van der Waals surface area contributed by atoms with E-state index in [1.807, 2.05) is 30.3 Å². The van der Waals surface area contributed by atoms with Gasteiger partial charge in [0.2, 0.25) is 5.91 Å². The van der Waals surface area contributed by atoms with Crippen LogP contribution in [0.25, 0.3) is 0 Å². The van der Waals surface area contributed by atoms with Crippen LogP contribution in [0.15, 0.2) is 30.3 Å². The van der Waals surface area contributed by atoms with Crippen molar-refractivity contribution < 1.29 is 19.1 Å². The Balaban J connectivity index is 2.07. The molecular formula is C19H21NO4S2. The van der Waals surface area contributed by atoms with Crippen molar-refractivity contribution in [3.8, 4) is 0 Å². The molecule has 1 aromatic heterocycles. The SMILES string of the molecule is CCOC(=O)c1c(NC(=O)CSCc2ccccc2)sc(C(C)=O)c1C. The standard InChI is InChI=1S/C19H21NO4S2/c1-4-24-19(23)16-12(2)17(13(3)21)26-18(16)20-15(22)11-25-10-14-8-6-5-7-9-14/h5-9H,4,10-11H2,1-3H3,(H,20,22). The predicted molar refractivity (Wildman–Crippen MR) is 106 cm³/mol. The summed E-state index contributed by atoms with van der Waals surface area (Å²) in [6, 6.07) is 9.87. The number of ether oxygens (including phenoxy) is 1. The summed E-state index contributed by atoms with van der Waals surface area (Å²) in [7, 11) is 0. The van der Waals surface area contributed by atoms with E-state index in [1.165, 1.54) is 18.7 Å². The number of Topliss-reactive ketones (excluding diaryl/α,β-unsaturated/α-hetero) is 1. The van der Waals surface area contributed by atoms with E-state index in [2.05, 4.69) is 5.32 Å². The van der Waals surface area contributed by atoms with Gasteiger partial charge < -0.3 is 10.1 Å². The van der Waals surface area contributed by atoms with Crippen LogP contribution < -0.4 is 5.32 Å². The third-order valence-electron chi connectivity index (χ3n) is 3.54. The van der Waals surface area contributed by atoms with E-state index >= 15 is 0 Å². The Hall–Kier alpha value is -2.12. The van der Waals surface area contributed by atoms with Crippen LogP contribution in [0, 0.1) is 6.92 Å². The number of ketones is 1. The Morgan fingerprint density at radius 1 is 1.19 bits per heavy atom. The second-order valence-corrected chi connectivity index (χ2v) is 7.57. The lowest BCUT2D eigenvalue weighted by Gasteiger charge is -2.07. The van der Waals surface area contributed by atoms with Crippen molar-refractivity contribution in [1.29, 1.82) is 0 Å². The number of amides is 1. The van der Waals surface area contributed by atoms with Gasteiger partial charge in [-0.05, 0) is 31.9 Å². The van der Waals surface area contributed by atoms with Crippen LogP contribution in [0.2, 0.25) is 0 Å². The summed E-state index contributed by atoms with van der Waals surface area (Å²) in [4.78, 5) is 36.7. The van der Waals surface area contributed by atoms with Gasteiger partial charge in [0.1, 0.15) is 5.00 Å². The van der Waals surface area contributed by atoms with Gasteiger partial charge in [-0.3, -0.25) is 9.59 Å². The monoisotopic (exact) mass is 391 g/mol. The summed E-state index contributed by atoms with van der Waals surface area (Å²) in [5, 5.41) is 3.13. The second kappa shape index (κ2) is 9.54. The minimum Gasteiger partial charge on any atom is -0.462 e. The van der Waals surface area contributed by atoms with Gasteiger partial charge in [-0.15, -0.1) is 23.1 Å². The first-order chi connectivity index (χ1) is 12.4. The van der Waals surface area contributed by atoms with E-state index in [4.69, 9.17) is 4.74 Å². The molecule has 0 atom stereocenters. The minimum absolute atomic E-state index is 0.142. The average molecular weight is 392 g/mol. The summed E-state index contributed by atoms with van der Waals surface area (Å²) in [5.41, 5.74) is 1.96. The average Bonchev–Trinajstić information content (AvgIpc) is 2.92. The molecule has 0 radical (unpaired) electrons. The number of thioether (sulfide) groups is 1. The van der Waals surface area contributed by atoms with E-state index in [1.54, 1.807) is 13.8 Å². The summed E-state index contributed by atoms with van der Waals surface area (Å²) in [6.45, 7) is 5.07. The van der Waals surface area contributed by atoms with Gasteiger partial charge >= 0.3 is 5.97 Å². The van der Waals surface area contributed by atoms with Crippen LogP contribution >= 0.6 is 23.1 Å². The molecule has 7 heteroatoms. The Labute approximate surface area is 161 Å². The number of thiophene rings is 1. The highest BCUT2D eigenvalue weighted by Crippen LogP contribution is 2.34. The molecule has 138 valence electrons. The summed E-state index contributed by atoms with van der Waals surface area (Å²) < 4.78 is 5.06. The minimum atomic E-state index is -0.527. The van der Waals surface area contributed by atoms with Crippen molar-refractivity contribution in [3.63, 3.8) is 0 Å². The number of carbonyl (C=O) groups is 3. The number of hydrogen-bond acceptors (Lipinski definition) is 6. The molecule has 2 aromatic rings. The summed E-state index contributed by atoms with van der Waals surface area (Å²) in [6.07, 6.45) is 0. The first-order valence-electron chi connectivity index (χ1n) is 8.17. The highest BCUT2D eigenvalue weighted by molar-refractivity contribution is 7.99. The number of nitrogens with one attached hydrogen (secondary N) is 1. The lowest BCUT2D eigenvalue weighted by Crippen LogP contribution is -2.16. The van der Waals surface area contributed by atoms with Crippen molar-refractivity contribution in [2.75, 3.05) is 17.7 Å². The van der Waals surface area contributed by atoms with Crippen LogP contribution in [0.3, 0.4) is 0 Å². The molecule has 5 nitrogen and oxygen atoms in total. The van der Waals surface area contributed by atoms with Gasteiger partial charge in [0.25, 0.3) is 0 Å². The first kappa shape index (κ1) is 20.2. The zero-order valence-electron chi connectivity index (χ0n) is 15.0. The predicted octanol–water partition coefficient (Wildman–Crippen LogP) is 4.31. The van der Waals surface area contributed by atoms with Crippen molar-refractivity contribution in [3.05, 3.63) is 51.9 Å². The fourth-order valence-electron chi connectivity index (χ4n) is 2.38. The van der Waals surface area contributed by atoms with Gasteiger partial charge in [-0.1, -0.05) is 30.3 Å². The van der Waals surface area contributed by atoms with Crippen LogP contribution in [-0.4, -0.2) is 30.0 Å². The molecule has 0 fully saturated rings. The Kier molecular flexibility index (Phi) is 7.41. The van der Waals surface area contributed by atoms with Crippen LogP contribution in [-0.2, 0) is 15.3 Å². The number of carbonyl (C=O) groups excluding carboxylic acids is 3. The summed E-state index contributed by atoms with van der Waals surface area (Å²) >= 11 is 2.60. The molecule has 1 amide bonds. The highest BCUT2D eigenvalue weighted by Gasteiger charge is 2.25. The van der Waals surface area contributed by atoms with Crippen LogP contribution in [0.1, 0.15) is 45.0 Å². The number of benzene rings is 1.